The van der Waals surface area contributed by atoms with E-state index in [4.69, 9.17) is 0 Å². The molecule has 0 bridgehead atoms. The lowest BCUT2D eigenvalue weighted by Gasteiger charge is -2.01. The van der Waals surface area contributed by atoms with Gasteiger partial charge in [-0.2, -0.15) is 5.10 Å². The Balaban J connectivity index is 1.67. The van der Waals surface area contributed by atoms with Gasteiger partial charge in [0.15, 0.2) is 0 Å². The number of thiazole rings is 1. The molecule has 112 valence electrons. The number of rotatable bonds is 4. The van der Waals surface area contributed by atoms with E-state index in [0.29, 0.717) is 12.1 Å². The van der Waals surface area contributed by atoms with Crippen molar-refractivity contribution in [1.82, 2.24) is 20.1 Å². The van der Waals surface area contributed by atoms with Crippen molar-refractivity contribution in [2.75, 3.05) is 0 Å². The Labute approximate surface area is 140 Å². The fourth-order valence-corrected chi connectivity index (χ4v) is 2.93. The Morgan fingerprint density at radius 2 is 2.09 bits per heavy atom. The van der Waals surface area contributed by atoms with Crippen molar-refractivity contribution >= 4 is 33.2 Å². The van der Waals surface area contributed by atoms with E-state index >= 15 is 0 Å². The van der Waals surface area contributed by atoms with Gasteiger partial charge in [0.05, 0.1) is 29.0 Å². The Morgan fingerprint density at radius 3 is 2.77 bits per heavy atom. The SMILES string of the molecule is Cc1ncc(CNC(=O)c2cnn(-c3ccc(Br)cc3)c2)s1. The largest absolute Gasteiger partial charge is 0.347 e. The van der Waals surface area contributed by atoms with Gasteiger partial charge in [0, 0.05) is 21.7 Å². The second-order valence-electron chi connectivity index (χ2n) is 4.68. The highest BCUT2D eigenvalue weighted by molar-refractivity contribution is 9.10. The molecule has 0 atom stereocenters. The number of carbonyl (C=O) groups excluding carboxylic acids is 1. The summed E-state index contributed by atoms with van der Waals surface area (Å²) in [6.07, 6.45) is 5.07. The molecule has 0 radical (unpaired) electrons. The third-order valence-electron chi connectivity index (χ3n) is 3.03. The van der Waals surface area contributed by atoms with Crippen molar-refractivity contribution < 1.29 is 4.79 Å². The summed E-state index contributed by atoms with van der Waals surface area (Å²) in [7, 11) is 0. The van der Waals surface area contributed by atoms with Gasteiger partial charge in [0.25, 0.3) is 5.91 Å². The number of nitrogens with zero attached hydrogens (tertiary/aromatic N) is 3. The zero-order valence-corrected chi connectivity index (χ0v) is 14.2. The van der Waals surface area contributed by atoms with Gasteiger partial charge in [-0.1, -0.05) is 15.9 Å². The van der Waals surface area contributed by atoms with E-state index in [1.54, 1.807) is 34.6 Å². The van der Waals surface area contributed by atoms with E-state index in [1.807, 2.05) is 31.2 Å². The van der Waals surface area contributed by atoms with E-state index in [1.165, 1.54) is 0 Å². The molecule has 0 saturated carbocycles. The minimum atomic E-state index is -0.144. The maximum absolute atomic E-state index is 12.1. The van der Waals surface area contributed by atoms with Crippen molar-refractivity contribution in [1.29, 1.82) is 0 Å². The van der Waals surface area contributed by atoms with Crippen molar-refractivity contribution in [3.63, 3.8) is 0 Å². The number of benzene rings is 1. The first-order valence-corrected chi connectivity index (χ1v) is 8.23. The van der Waals surface area contributed by atoms with E-state index < -0.39 is 0 Å². The minimum Gasteiger partial charge on any atom is -0.347 e. The standard InChI is InChI=1S/C15H13BrN4OS/c1-10-17-7-14(22-10)8-18-15(21)11-6-19-20(9-11)13-4-2-12(16)3-5-13/h2-7,9H,8H2,1H3,(H,18,21). The highest BCUT2D eigenvalue weighted by Gasteiger charge is 2.10. The number of aryl methyl sites for hydroxylation is 1. The van der Waals surface area contributed by atoms with Crippen LogP contribution in [0.4, 0.5) is 0 Å². The van der Waals surface area contributed by atoms with Crippen LogP contribution in [0.3, 0.4) is 0 Å². The van der Waals surface area contributed by atoms with Crippen LogP contribution in [0.1, 0.15) is 20.2 Å². The first kappa shape index (κ1) is 14.9. The molecule has 1 N–H and O–H groups in total. The molecule has 7 heteroatoms. The van der Waals surface area contributed by atoms with Gasteiger partial charge in [0.1, 0.15) is 0 Å². The predicted molar refractivity (Wildman–Crippen MR) is 89.3 cm³/mol. The zero-order chi connectivity index (χ0) is 15.5. The number of nitrogens with one attached hydrogen (secondary N) is 1. The number of hydrogen-bond donors (Lipinski definition) is 1. The van der Waals surface area contributed by atoms with Crippen LogP contribution >= 0.6 is 27.3 Å². The molecule has 5 nitrogen and oxygen atoms in total. The van der Waals surface area contributed by atoms with Gasteiger partial charge in [-0.15, -0.1) is 11.3 Å². The van der Waals surface area contributed by atoms with Crippen LogP contribution in [0.2, 0.25) is 0 Å². The Morgan fingerprint density at radius 1 is 1.32 bits per heavy atom. The molecule has 0 saturated heterocycles. The highest BCUT2D eigenvalue weighted by Crippen LogP contribution is 2.14. The minimum absolute atomic E-state index is 0.144. The van der Waals surface area contributed by atoms with Gasteiger partial charge >= 0.3 is 0 Å². The average molecular weight is 377 g/mol. The molecule has 0 aliphatic heterocycles. The molecule has 1 aromatic carbocycles. The Bertz CT molecular complexity index is 794. The number of carbonyl (C=O) groups is 1. The first-order valence-electron chi connectivity index (χ1n) is 6.62. The van der Waals surface area contributed by atoms with Gasteiger partial charge in [-0.05, 0) is 31.2 Å². The molecule has 2 heterocycles. The molecule has 3 aromatic rings. The number of aromatic nitrogens is 3. The molecule has 3 rings (SSSR count). The Kier molecular flexibility index (Phi) is 4.35. The van der Waals surface area contributed by atoms with Crippen molar-refractivity contribution in [2.24, 2.45) is 0 Å². The summed E-state index contributed by atoms with van der Waals surface area (Å²) in [5.41, 5.74) is 1.43. The lowest BCUT2D eigenvalue weighted by Crippen LogP contribution is -2.21. The summed E-state index contributed by atoms with van der Waals surface area (Å²) >= 11 is 4.97. The summed E-state index contributed by atoms with van der Waals surface area (Å²) < 4.78 is 2.68. The summed E-state index contributed by atoms with van der Waals surface area (Å²) in [4.78, 5) is 17.3. The van der Waals surface area contributed by atoms with Crippen LogP contribution in [-0.4, -0.2) is 20.7 Å². The second kappa shape index (κ2) is 6.41. The maximum Gasteiger partial charge on any atom is 0.254 e. The summed E-state index contributed by atoms with van der Waals surface area (Å²) in [5.74, 6) is -0.144. The topological polar surface area (TPSA) is 59.8 Å². The molecular formula is C15H13BrN4OS. The fourth-order valence-electron chi connectivity index (χ4n) is 1.93. The first-order chi connectivity index (χ1) is 10.6. The third kappa shape index (κ3) is 3.42. The van der Waals surface area contributed by atoms with E-state index in [2.05, 4.69) is 31.3 Å². The smallest absolute Gasteiger partial charge is 0.254 e. The van der Waals surface area contributed by atoms with Crippen LogP contribution < -0.4 is 5.32 Å². The van der Waals surface area contributed by atoms with Crippen molar-refractivity contribution in [3.05, 3.63) is 62.8 Å². The zero-order valence-electron chi connectivity index (χ0n) is 11.8. The number of hydrogen-bond acceptors (Lipinski definition) is 4. The second-order valence-corrected chi connectivity index (χ2v) is 6.91. The fraction of sp³-hybridized carbons (Fsp3) is 0.133. The summed E-state index contributed by atoms with van der Waals surface area (Å²) in [6.45, 7) is 2.42. The lowest BCUT2D eigenvalue weighted by molar-refractivity contribution is 0.0951. The molecule has 0 aliphatic rings. The quantitative estimate of drug-likeness (QED) is 0.759. The van der Waals surface area contributed by atoms with Crippen LogP contribution in [0.15, 0.2) is 47.3 Å². The molecule has 0 aliphatic carbocycles. The van der Waals surface area contributed by atoms with Gasteiger partial charge in [0.2, 0.25) is 0 Å². The normalized spacial score (nSPS) is 10.6. The van der Waals surface area contributed by atoms with Gasteiger partial charge in [-0.3, -0.25) is 4.79 Å². The van der Waals surface area contributed by atoms with E-state index in [-0.39, 0.29) is 5.91 Å². The summed E-state index contributed by atoms with van der Waals surface area (Å²) in [6, 6.07) is 7.73. The molecule has 0 fully saturated rings. The highest BCUT2D eigenvalue weighted by atomic mass is 79.9. The predicted octanol–water partition coefficient (Wildman–Crippen LogP) is 3.33. The molecule has 0 spiro atoms. The van der Waals surface area contributed by atoms with Crippen LogP contribution in [0.5, 0.6) is 0 Å². The maximum atomic E-state index is 12.1. The van der Waals surface area contributed by atoms with Crippen LogP contribution in [0, 0.1) is 6.92 Å². The third-order valence-corrected chi connectivity index (χ3v) is 4.47. The summed E-state index contributed by atoms with van der Waals surface area (Å²) in [5, 5.41) is 8.09. The van der Waals surface area contributed by atoms with E-state index in [9.17, 15) is 4.79 Å². The van der Waals surface area contributed by atoms with E-state index in [0.717, 1.165) is 20.0 Å². The number of amides is 1. The molecule has 1 amide bonds. The Hall–Kier alpha value is -1.99. The monoisotopic (exact) mass is 376 g/mol. The average Bonchev–Trinajstić information content (AvgIpc) is 3.15. The van der Waals surface area contributed by atoms with Crippen LogP contribution in [0.25, 0.3) is 5.69 Å². The molecule has 0 unspecified atom stereocenters. The molecule has 22 heavy (non-hydrogen) atoms. The van der Waals surface area contributed by atoms with Crippen molar-refractivity contribution in [3.8, 4) is 5.69 Å². The number of halogens is 1. The molecule has 2 aromatic heterocycles. The van der Waals surface area contributed by atoms with Gasteiger partial charge < -0.3 is 5.32 Å². The van der Waals surface area contributed by atoms with Gasteiger partial charge in [-0.25, -0.2) is 9.67 Å². The van der Waals surface area contributed by atoms with Crippen LogP contribution in [-0.2, 0) is 6.54 Å². The molecular weight excluding hydrogens is 364 g/mol. The lowest BCUT2D eigenvalue weighted by atomic mass is 10.3. The van der Waals surface area contributed by atoms with Crippen molar-refractivity contribution in [2.45, 2.75) is 13.5 Å².